The molecule has 6 aromatic carbocycles. The molecule has 17 heteroatoms. The lowest BCUT2D eigenvalue weighted by Crippen LogP contribution is -2.36. The van der Waals surface area contributed by atoms with Gasteiger partial charge in [0.05, 0.1) is 69.4 Å². The maximum absolute atomic E-state index is 13.1. The van der Waals surface area contributed by atoms with Gasteiger partial charge in [-0.2, -0.15) is 5.10 Å². The van der Waals surface area contributed by atoms with Crippen molar-refractivity contribution in [1.29, 1.82) is 0 Å². The van der Waals surface area contributed by atoms with E-state index in [0.717, 1.165) is 80.9 Å². The number of anilines is 2. The SMILES string of the molecule is CC(C)c1cc(Br)cc(C(C)(C)C)c1.CC(C)c1cc(Cl)cc(Cl)c1.CC(C)c1cccc(N2CCOCC2)c1.CC(C)c1cnc2ccccc2c1.CC(C)c1cncc(N2CCOCC2)c1.COc1ccc(C(C)C)cc1F.COc1ccc(C(C)C)cn1.Cc1cc(C)n(-c2cccc(C(C)C)c2)n1.Cc1ncc(C(C)C)cn1. The molecule has 5 aromatic heterocycles. The monoisotopic (exact) mass is 1690 g/mol. The Bertz CT molecular complexity index is 4590. The molecule has 2 saturated heterocycles. The topological polar surface area (TPSA) is 126 Å². The van der Waals surface area contributed by atoms with Crippen LogP contribution in [0.1, 0.15) is 272 Å². The summed E-state index contributed by atoms with van der Waals surface area (Å²) in [5.41, 5.74) is 20.1. The molecule has 0 bridgehead atoms. The van der Waals surface area contributed by atoms with Gasteiger partial charge in [-0.1, -0.05) is 245 Å². The van der Waals surface area contributed by atoms with Crippen LogP contribution in [-0.2, 0) is 14.9 Å². The number of benzene rings is 6. The molecule has 0 amide bonds. The second kappa shape index (κ2) is 50.4. The van der Waals surface area contributed by atoms with E-state index in [1.165, 1.54) is 90.2 Å². The van der Waals surface area contributed by atoms with Crippen molar-refractivity contribution in [3.05, 3.63) is 288 Å². The number of halogens is 4. The van der Waals surface area contributed by atoms with Gasteiger partial charge in [0.1, 0.15) is 5.82 Å². The maximum atomic E-state index is 13.1. The number of hydrogen-bond acceptors (Lipinski definition) is 12. The molecule has 7 heterocycles. The largest absolute Gasteiger partial charge is 0.494 e. The minimum Gasteiger partial charge on any atom is -0.494 e. The molecule has 2 aliphatic heterocycles. The van der Waals surface area contributed by atoms with Crippen molar-refractivity contribution in [2.75, 3.05) is 76.6 Å². The first-order valence-electron chi connectivity index (χ1n) is 41.4. The van der Waals surface area contributed by atoms with Crippen molar-refractivity contribution in [3.63, 3.8) is 0 Å². The number of nitrogens with zero attached hydrogens (tertiary/aromatic N) is 9. The zero-order valence-corrected chi connectivity index (χ0v) is 78.1. The van der Waals surface area contributed by atoms with Crippen molar-refractivity contribution in [3.8, 4) is 17.3 Å². The number of morpholine rings is 2. The highest BCUT2D eigenvalue weighted by Crippen LogP contribution is 2.32. The second-order valence-electron chi connectivity index (χ2n) is 33.4. The molecule has 2 fully saturated rings. The van der Waals surface area contributed by atoms with Crippen LogP contribution in [0.4, 0.5) is 15.8 Å². The molecule has 0 saturated carbocycles. The molecule has 117 heavy (non-hydrogen) atoms. The number of methoxy groups -OCH3 is 2. The minimum absolute atomic E-state index is 0.230. The number of ether oxygens (including phenoxy) is 4. The molecular formula is C100H135BrCl2FN9O4. The van der Waals surface area contributed by atoms with Gasteiger partial charge in [-0.05, 0) is 226 Å². The third-order valence-corrected chi connectivity index (χ3v) is 20.6. The van der Waals surface area contributed by atoms with Crippen molar-refractivity contribution >= 4 is 61.4 Å². The first kappa shape index (κ1) is 99.0. The lowest BCUT2D eigenvalue weighted by Gasteiger charge is -2.29. The van der Waals surface area contributed by atoms with Gasteiger partial charge >= 0.3 is 0 Å². The highest BCUT2D eigenvalue weighted by molar-refractivity contribution is 9.10. The zero-order chi connectivity index (χ0) is 86.6. The van der Waals surface area contributed by atoms with Gasteiger partial charge in [-0.15, -0.1) is 0 Å². The van der Waals surface area contributed by atoms with E-state index in [-0.39, 0.29) is 11.2 Å². The van der Waals surface area contributed by atoms with Crippen LogP contribution >= 0.6 is 39.1 Å². The molecule has 632 valence electrons. The first-order chi connectivity index (χ1) is 55.4. The van der Waals surface area contributed by atoms with Gasteiger partial charge in [0, 0.05) is 94.5 Å². The Morgan fingerprint density at radius 1 is 0.410 bits per heavy atom. The number of aryl methyl sites for hydroxylation is 3. The van der Waals surface area contributed by atoms with Crippen LogP contribution in [0.2, 0.25) is 10.0 Å². The molecule has 13 nitrogen and oxygen atoms in total. The number of para-hydroxylation sites is 1. The van der Waals surface area contributed by atoms with Crippen molar-refractivity contribution in [2.45, 2.75) is 225 Å². The smallest absolute Gasteiger partial charge is 0.212 e. The van der Waals surface area contributed by atoms with Gasteiger partial charge in [0.15, 0.2) is 11.6 Å². The summed E-state index contributed by atoms with van der Waals surface area (Å²) in [6.07, 6.45) is 11.5. The maximum Gasteiger partial charge on any atom is 0.212 e. The molecule has 0 aliphatic carbocycles. The summed E-state index contributed by atoms with van der Waals surface area (Å²) in [7, 11) is 3.09. The number of aromatic nitrogens is 7. The molecule has 0 spiro atoms. The number of pyridine rings is 3. The van der Waals surface area contributed by atoms with Crippen LogP contribution in [0.5, 0.6) is 11.6 Å². The van der Waals surface area contributed by atoms with E-state index in [0.29, 0.717) is 74.9 Å². The lowest BCUT2D eigenvalue weighted by molar-refractivity contribution is 0.122. The van der Waals surface area contributed by atoms with E-state index in [9.17, 15) is 4.39 Å². The first-order valence-corrected chi connectivity index (χ1v) is 43.0. The van der Waals surface area contributed by atoms with E-state index in [4.69, 9.17) is 42.1 Å². The summed E-state index contributed by atoms with van der Waals surface area (Å²) in [5.74, 6) is 6.26. The van der Waals surface area contributed by atoms with E-state index in [1.54, 1.807) is 19.2 Å². The van der Waals surface area contributed by atoms with Gasteiger partial charge in [-0.3, -0.25) is 9.97 Å². The molecule has 0 radical (unpaired) electrons. The van der Waals surface area contributed by atoms with Crippen molar-refractivity contribution in [1.82, 2.24) is 34.7 Å². The summed E-state index contributed by atoms with van der Waals surface area (Å²) >= 11 is 15.2. The highest BCUT2D eigenvalue weighted by atomic mass is 79.9. The predicted molar refractivity (Wildman–Crippen MR) is 498 cm³/mol. The fraction of sp³-hybridized carbons (Fsp3) is 0.440. The Hall–Kier alpha value is -8.57. The quantitative estimate of drug-likeness (QED) is 0.103. The average Bonchev–Trinajstić information content (AvgIpc) is 1.70. The van der Waals surface area contributed by atoms with Crippen molar-refractivity contribution < 1.29 is 23.3 Å². The Balaban J connectivity index is 0.000000236. The van der Waals surface area contributed by atoms with Gasteiger partial charge < -0.3 is 28.7 Å². The molecule has 0 atom stereocenters. The van der Waals surface area contributed by atoms with Gasteiger partial charge in [0.25, 0.3) is 0 Å². The predicted octanol–water partition coefficient (Wildman–Crippen LogP) is 27.7. The third kappa shape index (κ3) is 35.1. The molecule has 11 aromatic rings. The minimum atomic E-state index is -0.288. The number of rotatable bonds is 14. The van der Waals surface area contributed by atoms with Crippen LogP contribution < -0.4 is 19.3 Å². The number of fused-ring (bicyclic) bond motifs is 1. The Morgan fingerprint density at radius 3 is 1.35 bits per heavy atom. The zero-order valence-electron chi connectivity index (χ0n) is 75.0. The Labute approximate surface area is 721 Å². The van der Waals surface area contributed by atoms with Crippen LogP contribution in [0.3, 0.4) is 0 Å². The lowest BCUT2D eigenvalue weighted by atomic mass is 9.85. The molecule has 2 aliphatic rings. The Kier molecular flexibility index (Phi) is 42.6. The van der Waals surface area contributed by atoms with Crippen LogP contribution in [0, 0.1) is 26.6 Å². The normalized spacial score (nSPS) is 12.5. The second-order valence-corrected chi connectivity index (χ2v) is 35.2. The summed E-state index contributed by atoms with van der Waals surface area (Å²) in [5, 5.41) is 7.15. The van der Waals surface area contributed by atoms with Crippen LogP contribution in [0.15, 0.2) is 199 Å². The summed E-state index contributed by atoms with van der Waals surface area (Å²) in [6, 6.07) is 53.5. The van der Waals surface area contributed by atoms with Gasteiger partial charge in [-0.25, -0.2) is 24.0 Å². The third-order valence-electron chi connectivity index (χ3n) is 19.7. The van der Waals surface area contributed by atoms with Crippen LogP contribution in [-0.4, -0.2) is 102 Å². The van der Waals surface area contributed by atoms with Crippen molar-refractivity contribution in [2.24, 2.45) is 0 Å². The highest BCUT2D eigenvalue weighted by Gasteiger charge is 2.18. The van der Waals surface area contributed by atoms with E-state index < -0.39 is 0 Å². The van der Waals surface area contributed by atoms with Crippen LogP contribution in [0.25, 0.3) is 16.6 Å². The summed E-state index contributed by atoms with van der Waals surface area (Å²) in [4.78, 5) is 25.7. The summed E-state index contributed by atoms with van der Waals surface area (Å²) < 4.78 is 36.7. The molecule has 0 unspecified atom stereocenters. The standard InChI is InChI=1S/C14H18N2.C13H19Br.C13H19NO.C12H18N2O.C12H13N.C10H13FO.C9H10Cl2.C9H13NO.C8H12N2/c1-10(2)13-6-5-7-14(9-13)16-12(4)8-11(3)15-16;1-9(2)10-6-11(13(3,4)5)8-12(14)7-10;1-11(2)12-4-3-5-13(10-12)14-6-8-15-9-7-14;1-10(2)11-7-12(9-13-8-11)14-3-5-15-6-4-14;1-9(2)11-7-10-5-3-4-6-12(10)13-8-11;1-7(2)8-4-5-10(12-3)9(11)6-8;1-6(2)7-3-8(10)5-9(11)4-7;1-7(2)8-4-5-9(11-3)10-6-8;1-6(2)8-4-9-7(3)10-5-8/h5-10H,1-4H3;6-9H,1-5H3;3-5,10-11H,6-9H2,1-2H3;7-10H,3-6H2,1-2H3;3-9H,1-2H3;4-7H,1-3H3;3-6H,1-2H3;4-7H,1-3H3;4-6H,1-3H3. The summed E-state index contributed by atoms with van der Waals surface area (Å²) in [6.45, 7) is 59.0. The van der Waals surface area contributed by atoms with Gasteiger partial charge in [0.2, 0.25) is 5.88 Å². The fourth-order valence-electron chi connectivity index (χ4n) is 11.9. The molecule has 0 N–H and O–H groups in total. The van der Waals surface area contributed by atoms with E-state index >= 15 is 0 Å². The fourth-order valence-corrected chi connectivity index (χ4v) is 12.9. The molecule has 13 rings (SSSR count). The average molecular weight is 1700 g/mol. The molecular weight excluding hydrogens is 1560 g/mol. The van der Waals surface area contributed by atoms with E-state index in [2.05, 4.69) is 285 Å². The van der Waals surface area contributed by atoms with E-state index in [1.807, 2.05) is 118 Å². The number of hydrogen-bond donors (Lipinski definition) is 0. The Morgan fingerprint density at radius 2 is 0.872 bits per heavy atom.